The first-order chi connectivity index (χ1) is 12.3. The Hall–Kier alpha value is -2.88. The van der Waals surface area contributed by atoms with Crippen LogP contribution >= 0.6 is 0 Å². The van der Waals surface area contributed by atoms with Crippen molar-refractivity contribution in [2.45, 2.75) is 32.7 Å². The summed E-state index contributed by atoms with van der Waals surface area (Å²) < 4.78 is 5.10. The predicted molar refractivity (Wildman–Crippen MR) is 97.9 cm³/mol. The molecule has 4 nitrogen and oxygen atoms in total. The smallest absolute Gasteiger partial charge is 0.220 e. The van der Waals surface area contributed by atoms with Crippen LogP contribution in [-0.4, -0.2) is 11.1 Å². The van der Waals surface area contributed by atoms with Gasteiger partial charge in [0, 0.05) is 24.1 Å². The van der Waals surface area contributed by atoms with E-state index >= 15 is 0 Å². The summed E-state index contributed by atoms with van der Waals surface area (Å²) in [5, 5.41) is 7.04. The molecule has 0 saturated heterocycles. The molecule has 0 aliphatic rings. The Morgan fingerprint density at radius 2 is 1.76 bits per heavy atom. The van der Waals surface area contributed by atoms with Gasteiger partial charge >= 0.3 is 0 Å². The highest BCUT2D eigenvalue weighted by atomic mass is 16.5. The molecule has 0 unspecified atom stereocenters. The number of amides is 1. The third-order valence-corrected chi connectivity index (χ3v) is 4.23. The second-order valence-corrected chi connectivity index (χ2v) is 6.00. The minimum absolute atomic E-state index is 0.0276. The molecule has 0 fully saturated rings. The second-order valence-electron chi connectivity index (χ2n) is 6.00. The van der Waals surface area contributed by atoms with Crippen molar-refractivity contribution in [3.8, 4) is 11.3 Å². The first-order valence-electron chi connectivity index (χ1n) is 8.59. The van der Waals surface area contributed by atoms with Crippen molar-refractivity contribution in [3.05, 3.63) is 77.6 Å². The fraction of sp³-hybridized carbons (Fsp3) is 0.238. The van der Waals surface area contributed by atoms with Crippen LogP contribution in [0.15, 0.2) is 65.4 Å². The van der Waals surface area contributed by atoms with E-state index in [1.165, 1.54) is 5.56 Å². The van der Waals surface area contributed by atoms with Gasteiger partial charge in [-0.2, -0.15) is 0 Å². The minimum Gasteiger partial charge on any atom is -0.364 e. The van der Waals surface area contributed by atoms with E-state index in [2.05, 4.69) is 41.7 Å². The number of rotatable bonds is 7. The van der Waals surface area contributed by atoms with Gasteiger partial charge in [-0.25, -0.2) is 0 Å². The van der Waals surface area contributed by atoms with Crippen molar-refractivity contribution in [1.29, 1.82) is 0 Å². The molecular formula is C21H22N2O2. The van der Waals surface area contributed by atoms with Crippen molar-refractivity contribution < 1.29 is 9.32 Å². The molecule has 3 aromatic rings. The Labute approximate surface area is 147 Å². The fourth-order valence-corrected chi connectivity index (χ4v) is 2.70. The summed E-state index contributed by atoms with van der Waals surface area (Å²) in [7, 11) is 0. The van der Waals surface area contributed by atoms with E-state index in [9.17, 15) is 4.79 Å². The molecule has 4 heteroatoms. The van der Waals surface area contributed by atoms with Gasteiger partial charge in [0.15, 0.2) is 0 Å². The zero-order valence-corrected chi connectivity index (χ0v) is 14.4. The number of nitrogens with zero attached hydrogens (tertiary/aromatic N) is 1. The summed E-state index contributed by atoms with van der Waals surface area (Å²) in [5.41, 5.74) is 5.18. The van der Waals surface area contributed by atoms with Crippen LogP contribution in [0.25, 0.3) is 11.3 Å². The van der Waals surface area contributed by atoms with Gasteiger partial charge in [-0.15, -0.1) is 0 Å². The maximum Gasteiger partial charge on any atom is 0.220 e. The van der Waals surface area contributed by atoms with Crippen LogP contribution in [0.4, 0.5) is 0 Å². The van der Waals surface area contributed by atoms with Gasteiger partial charge in [0.05, 0.1) is 0 Å². The van der Waals surface area contributed by atoms with Gasteiger partial charge in [-0.1, -0.05) is 66.7 Å². The Morgan fingerprint density at radius 3 is 2.48 bits per heavy atom. The number of carbonyl (C=O) groups is 1. The van der Waals surface area contributed by atoms with E-state index in [0.29, 0.717) is 19.4 Å². The fourth-order valence-electron chi connectivity index (χ4n) is 2.70. The van der Waals surface area contributed by atoms with Gasteiger partial charge in [-0.3, -0.25) is 4.79 Å². The molecule has 0 spiro atoms. The van der Waals surface area contributed by atoms with E-state index in [1.54, 1.807) is 6.26 Å². The number of carbonyl (C=O) groups excluding carboxylic acids is 1. The Morgan fingerprint density at radius 1 is 1.04 bits per heavy atom. The van der Waals surface area contributed by atoms with Gasteiger partial charge in [0.1, 0.15) is 12.0 Å². The molecule has 1 N–H and O–H groups in total. The highest BCUT2D eigenvalue weighted by molar-refractivity contribution is 5.76. The molecule has 0 bridgehead atoms. The largest absolute Gasteiger partial charge is 0.364 e. The average Bonchev–Trinajstić information content (AvgIpc) is 3.14. The van der Waals surface area contributed by atoms with E-state index in [4.69, 9.17) is 4.52 Å². The number of hydrogen-bond donors (Lipinski definition) is 1. The molecule has 0 aliphatic carbocycles. The highest BCUT2D eigenvalue weighted by Gasteiger charge is 2.11. The van der Waals surface area contributed by atoms with Crippen LogP contribution < -0.4 is 5.32 Å². The molecular weight excluding hydrogens is 312 g/mol. The van der Waals surface area contributed by atoms with Crippen LogP contribution in [0.5, 0.6) is 0 Å². The molecule has 0 saturated carbocycles. The number of hydrogen-bond acceptors (Lipinski definition) is 3. The average molecular weight is 334 g/mol. The van der Waals surface area contributed by atoms with Crippen molar-refractivity contribution in [2.24, 2.45) is 0 Å². The Bertz CT molecular complexity index is 807. The Balaban J connectivity index is 1.52. The lowest BCUT2D eigenvalue weighted by molar-refractivity contribution is -0.121. The molecule has 0 atom stereocenters. The summed E-state index contributed by atoms with van der Waals surface area (Å²) in [5.74, 6) is 0.0276. The molecule has 0 radical (unpaired) electrons. The summed E-state index contributed by atoms with van der Waals surface area (Å²) in [6.07, 6.45) is 3.66. The number of nitrogens with one attached hydrogen (secondary N) is 1. The monoisotopic (exact) mass is 334 g/mol. The summed E-state index contributed by atoms with van der Waals surface area (Å²) in [6, 6.07) is 18.2. The van der Waals surface area contributed by atoms with Gasteiger partial charge in [-0.05, 0) is 24.0 Å². The van der Waals surface area contributed by atoms with Crippen LogP contribution in [0.3, 0.4) is 0 Å². The van der Waals surface area contributed by atoms with E-state index < -0.39 is 0 Å². The Kier molecular flexibility index (Phi) is 5.62. The van der Waals surface area contributed by atoms with E-state index in [1.807, 2.05) is 30.3 Å². The summed E-state index contributed by atoms with van der Waals surface area (Å²) >= 11 is 0. The van der Waals surface area contributed by atoms with Gasteiger partial charge in [0.2, 0.25) is 5.91 Å². The predicted octanol–water partition coefficient (Wildman–Crippen LogP) is 4.15. The molecule has 128 valence electrons. The van der Waals surface area contributed by atoms with Gasteiger partial charge in [0.25, 0.3) is 0 Å². The topological polar surface area (TPSA) is 55.1 Å². The molecule has 1 amide bonds. The highest BCUT2D eigenvalue weighted by Crippen LogP contribution is 2.22. The van der Waals surface area contributed by atoms with E-state index in [0.717, 1.165) is 28.8 Å². The van der Waals surface area contributed by atoms with E-state index in [-0.39, 0.29) is 5.91 Å². The SMILES string of the molecule is CCc1ccc(CNC(=O)CCc2conc2-c2ccccc2)cc1. The lowest BCUT2D eigenvalue weighted by Crippen LogP contribution is -2.23. The summed E-state index contributed by atoms with van der Waals surface area (Å²) in [4.78, 5) is 12.1. The van der Waals surface area contributed by atoms with Crippen LogP contribution in [-0.2, 0) is 24.2 Å². The van der Waals surface area contributed by atoms with Crippen LogP contribution in [0, 0.1) is 0 Å². The molecule has 0 aliphatic heterocycles. The molecule has 3 rings (SSSR count). The first-order valence-corrected chi connectivity index (χ1v) is 8.59. The lowest BCUT2D eigenvalue weighted by Gasteiger charge is -2.06. The van der Waals surface area contributed by atoms with Gasteiger partial charge < -0.3 is 9.84 Å². The minimum atomic E-state index is 0.0276. The standard InChI is InChI=1S/C21H22N2O2/c1-2-16-8-10-17(11-9-16)14-22-20(24)13-12-19-15-25-23-21(19)18-6-4-3-5-7-18/h3-11,15H,2,12-14H2,1H3,(H,22,24). The van der Waals surface area contributed by atoms with Crippen LogP contribution in [0.1, 0.15) is 30.0 Å². The third kappa shape index (κ3) is 4.57. The lowest BCUT2D eigenvalue weighted by atomic mass is 10.0. The molecule has 25 heavy (non-hydrogen) atoms. The number of aryl methyl sites for hydroxylation is 2. The van der Waals surface area contributed by atoms with Crippen molar-refractivity contribution in [2.75, 3.05) is 0 Å². The molecule has 1 heterocycles. The molecule has 1 aromatic heterocycles. The zero-order valence-electron chi connectivity index (χ0n) is 14.4. The maximum absolute atomic E-state index is 12.1. The second kappa shape index (κ2) is 8.29. The van der Waals surface area contributed by atoms with Crippen molar-refractivity contribution >= 4 is 5.91 Å². The molecule has 2 aromatic carbocycles. The zero-order chi connectivity index (χ0) is 17.5. The van der Waals surface area contributed by atoms with Crippen molar-refractivity contribution in [1.82, 2.24) is 10.5 Å². The quantitative estimate of drug-likeness (QED) is 0.706. The number of aromatic nitrogens is 1. The summed E-state index contributed by atoms with van der Waals surface area (Å²) in [6.45, 7) is 2.68. The third-order valence-electron chi connectivity index (χ3n) is 4.23. The number of benzene rings is 2. The maximum atomic E-state index is 12.1. The van der Waals surface area contributed by atoms with Crippen LogP contribution in [0.2, 0.25) is 0 Å². The van der Waals surface area contributed by atoms with Crippen molar-refractivity contribution in [3.63, 3.8) is 0 Å². The first kappa shape index (κ1) is 17.0. The normalized spacial score (nSPS) is 10.6.